The molecule has 2 rings (SSSR count). The van der Waals surface area contributed by atoms with E-state index in [0.29, 0.717) is 6.54 Å². The first-order valence-corrected chi connectivity index (χ1v) is 8.51. The normalized spacial score (nSPS) is 15.3. The molecule has 1 saturated heterocycles. The molecule has 0 aliphatic carbocycles. The Kier molecular flexibility index (Phi) is 9.22. The number of hydrogen-bond acceptors (Lipinski definition) is 3. The van der Waals surface area contributed by atoms with Crippen molar-refractivity contribution in [2.75, 3.05) is 26.2 Å². The van der Waals surface area contributed by atoms with E-state index in [1.165, 1.54) is 11.1 Å². The molecule has 0 atom stereocenters. The smallest absolute Gasteiger partial charge is 0.223 e. The SMILES string of the molecule is CCN(CC)Cc1ccc(CNC(=O)C2CCNCC2)cc1.Cl. The van der Waals surface area contributed by atoms with Gasteiger partial charge in [0.15, 0.2) is 0 Å². The predicted octanol–water partition coefficient (Wildman–Crippen LogP) is 2.57. The van der Waals surface area contributed by atoms with Crippen LogP contribution in [0, 0.1) is 5.92 Å². The zero-order valence-electron chi connectivity index (χ0n) is 14.3. The Morgan fingerprint density at radius 3 is 2.26 bits per heavy atom. The molecule has 1 fully saturated rings. The molecule has 1 aromatic rings. The zero-order valence-corrected chi connectivity index (χ0v) is 15.1. The van der Waals surface area contributed by atoms with Crippen LogP contribution in [0.4, 0.5) is 0 Å². The molecule has 130 valence electrons. The van der Waals surface area contributed by atoms with Gasteiger partial charge in [0.1, 0.15) is 0 Å². The van der Waals surface area contributed by atoms with Crippen molar-refractivity contribution in [1.29, 1.82) is 0 Å². The summed E-state index contributed by atoms with van der Waals surface area (Å²) in [6.07, 6.45) is 1.91. The molecule has 23 heavy (non-hydrogen) atoms. The monoisotopic (exact) mass is 339 g/mol. The fourth-order valence-electron chi connectivity index (χ4n) is 2.89. The van der Waals surface area contributed by atoms with Gasteiger partial charge in [-0.05, 0) is 50.1 Å². The molecule has 1 aliphatic rings. The van der Waals surface area contributed by atoms with Gasteiger partial charge in [-0.15, -0.1) is 12.4 Å². The molecule has 1 heterocycles. The Bertz CT molecular complexity index is 454. The van der Waals surface area contributed by atoms with E-state index in [4.69, 9.17) is 0 Å². The molecule has 0 spiro atoms. The van der Waals surface area contributed by atoms with Gasteiger partial charge in [-0.1, -0.05) is 38.1 Å². The lowest BCUT2D eigenvalue weighted by atomic mass is 9.97. The number of piperidine rings is 1. The van der Waals surface area contributed by atoms with Gasteiger partial charge >= 0.3 is 0 Å². The van der Waals surface area contributed by atoms with Crippen LogP contribution in [0.1, 0.15) is 37.8 Å². The van der Waals surface area contributed by atoms with Gasteiger partial charge in [0.2, 0.25) is 5.91 Å². The number of nitrogens with one attached hydrogen (secondary N) is 2. The maximum atomic E-state index is 12.1. The van der Waals surface area contributed by atoms with Crippen molar-refractivity contribution < 1.29 is 4.79 Å². The average molecular weight is 340 g/mol. The number of amides is 1. The largest absolute Gasteiger partial charge is 0.352 e. The molecule has 0 radical (unpaired) electrons. The van der Waals surface area contributed by atoms with Crippen LogP contribution in [-0.4, -0.2) is 37.0 Å². The van der Waals surface area contributed by atoms with E-state index in [-0.39, 0.29) is 24.2 Å². The molecule has 1 aliphatic heterocycles. The van der Waals surface area contributed by atoms with Gasteiger partial charge in [-0.3, -0.25) is 9.69 Å². The first-order chi connectivity index (χ1) is 10.7. The van der Waals surface area contributed by atoms with Crippen LogP contribution in [0.15, 0.2) is 24.3 Å². The number of hydrogen-bond donors (Lipinski definition) is 2. The molecular weight excluding hydrogens is 310 g/mol. The number of carbonyl (C=O) groups is 1. The quantitative estimate of drug-likeness (QED) is 0.802. The van der Waals surface area contributed by atoms with Crippen molar-refractivity contribution in [1.82, 2.24) is 15.5 Å². The minimum atomic E-state index is 0. The van der Waals surface area contributed by atoms with Gasteiger partial charge in [-0.2, -0.15) is 0 Å². The molecule has 0 bridgehead atoms. The lowest BCUT2D eigenvalue weighted by Gasteiger charge is -2.21. The van der Waals surface area contributed by atoms with E-state index in [9.17, 15) is 4.79 Å². The van der Waals surface area contributed by atoms with Crippen molar-refractivity contribution >= 4 is 18.3 Å². The van der Waals surface area contributed by atoms with Crippen LogP contribution in [0.2, 0.25) is 0 Å². The Labute approximate surface area is 146 Å². The fraction of sp³-hybridized carbons (Fsp3) is 0.611. The summed E-state index contributed by atoms with van der Waals surface area (Å²) in [6.45, 7) is 10.1. The first-order valence-electron chi connectivity index (χ1n) is 8.51. The third-order valence-corrected chi connectivity index (χ3v) is 4.50. The van der Waals surface area contributed by atoms with Crippen LogP contribution in [0.25, 0.3) is 0 Å². The third kappa shape index (κ3) is 6.50. The number of carbonyl (C=O) groups excluding carboxylic acids is 1. The number of halogens is 1. The highest BCUT2D eigenvalue weighted by Crippen LogP contribution is 2.12. The van der Waals surface area contributed by atoms with E-state index in [2.05, 4.69) is 53.6 Å². The number of rotatable bonds is 7. The third-order valence-electron chi connectivity index (χ3n) is 4.50. The van der Waals surface area contributed by atoms with Crippen LogP contribution in [0.5, 0.6) is 0 Å². The summed E-state index contributed by atoms with van der Waals surface area (Å²) in [5.74, 6) is 0.386. The summed E-state index contributed by atoms with van der Waals surface area (Å²) < 4.78 is 0. The second kappa shape index (κ2) is 10.6. The second-order valence-corrected chi connectivity index (χ2v) is 6.02. The Morgan fingerprint density at radius 1 is 1.13 bits per heavy atom. The molecule has 5 heteroatoms. The molecule has 0 aromatic heterocycles. The van der Waals surface area contributed by atoms with Crippen molar-refractivity contribution in [2.24, 2.45) is 5.92 Å². The lowest BCUT2D eigenvalue weighted by Crippen LogP contribution is -2.37. The molecule has 0 saturated carbocycles. The minimum Gasteiger partial charge on any atom is -0.352 e. The first kappa shape index (κ1) is 19.9. The van der Waals surface area contributed by atoms with Gasteiger partial charge in [-0.25, -0.2) is 0 Å². The highest BCUT2D eigenvalue weighted by molar-refractivity contribution is 5.85. The molecule has 0 unspecified atom stereocenters. The second-order valence-electron chi connectivity index (χ2n) is 6.02. The molecule has 2 N–H and O–H groups in total. The topological polar surface area (TPSA) is 44.4 Å². The number of nitrogens with zero attached hydrogens (tertiary/aromatic N) is 1. The fourth-order valence-corrected chi connectivity index (χ4v) is 2.89. The summed E-state index contributed by atoms with van der Waals surface area (Å²) in [7, 11) is 0. The van der Waals surface area contributed by atoms with Gasteiger partial charge in [0.25, 0.3) is 0 Å². The number of benzene rings is 1. The molecule has 1 amide bonds. The molecular formula is C18H30ClN3O. The lowest BCUT2D eigenvalue weighted by molar-refractivity contribution is -0.125. The van der Waals surface area contributed by atoms with Crippen LogP contribution in [0.3, 0.4) is 0 Å². The summed E-state index contributed by atoms with van der Waals surface area (Å²) >= 11 is 0. The standard InChI is InChI=1S/C18H29N3O.ClH/c1-3-21(4-2)14-16-7-5-15(6-8-16)13-20-18(22)17-9-11-19-12-10-17;/h5-8,17,19H,3-4,9-14H2,1-2H3,(H,20,22);1H. The van der Waals surface area contributed by atoms with Crippen molar-refractivity contribution in [3.8, 4) is 0 Å². The summed E-state index contributed by atoms with van der Waals surface area (Å²) in [5, 5.41) is 6.36. The summed E-state index contributed by atoms with van der Waals surface area (Å²) in [6, 6.07) is 8.59. The average Bonchev–Trinajstić information content (AvgIpc) is 2.59. The molecule has 4 nitrogen and oxygen atoms in total. The van der Waals surface area contributed by atoms with E-state index in [1.54, 1.807) is 0 Å². The Morgan fingerprint density at radius 2 is 1.70 bits per heavy atom. The van der Waals surface area contributed by atoms with Crippen LogP contribution in [-0.2, 0) is 17.9 Å². The van der Waals surface area contributed by atoms with Crippen molar-refractivity contribution in [2.45, 2.75) is 39.8 Å². The van der Waals surface area contributed by atoms with E-state index in [0.717, 1.165) is 45.6 Å². The minimum absolute atomic E-state index is 0. The highest BCUT2D eigenvalue weighted by atomic mass is 35.5. The summed E-state index contributed by atoms with van der Waals surface area (Å²) in [5.41, 5.74) is 2.50. The van der Waals surface area contributed by atoms with Gasteiger partial charge < -0.3 is 10.6 Å². The van der Waals surface area contributed by atoms with Crippen molar-refractivity contribution in [3.05, 3.63) is 35.4 Å². The van der Waals surface area contributed by atoms with Gasteiger partial charge in [0.05, 0.1) is 0 Å². The summed E-state index contributed by atoms with van der Waals surface area (Å²) in [4.78, 5) is 14.5. The van der Waals surface area contributed by atoms with Crippen LogP contribution < -0.4 is 10.6 Å². The maximum Gasteiger partial charge on any atom is 0.223 e. The molecule has 1 aromatic carbocycles. The Hall–Kier alpha value is -1.10. The van der Waals surface area contributed by atoms with Crippen molar-refractivity contribution in [3.63, 3.8) is 0 Å². The Balaban J connectivity index is 0.00000264. The van der Waals surface area contributed by atoms with E-state index >= 15 is 0 Å². The van der Waals surface area contributed by atoms with E-state index in [1.807, 2.05) is 0 Å². The zero-order chi connectivity index (χ0) is 15.8. The maximum absolute atomic E-state index is 12.1. The predicted molar refractivity (Wildman–Crippen MR) is 97.8 cm³/mol. The van der Waals surface area contributed by atoms with E-state index < -0.39 is 0 Å². The highest BCUT2D eigenvalue weighted by Gasteiger charge is 2.20. The van der Waals surface area contributed by atoms with Gasteiger partial charge in [0, 0.05) is 19.0 Å². The van der Waals surface area contributed by atoms with Crippen LogP contribution >= 0.6 is 12.4 Å².